The quantitative estimate of drug-likeness (QED) is 0.660. The highest BCUT2D eigenvalue weighted by Crippen LogP contribution is 2.11. The number of carbonyl (C=O) groups is 2. The van der Waals surface area contributed by atoms with Gasteiger partial charge >= 0.3 is 5.97 Å². The molecular formula is C13H22N2O4. The first-order valence-corrected chi connectivity index (χ1v) is 6.26. The molecule has 2 N–H and O–H groups in total. The van der Waals surface area contributed by atoms with Crippen LogP contribution in [0.4, 0.5) is 0 Å². The van der Waals surface area contributed by atoms with Crippen molar-refractivity contribution >= 4 is 11.9 Å². The predicted octanol–water partition coefficient (Wildman–Crippen LogP) is 0.601. The number of esters is 1. The summed E-state index contributed by atoms with van der Waals surface area (Å²) >= 11 is 0. The summed E-state index contributed by atoms with van der Waals surface area (Å²) in [5.74, 6) is -1.46. The summed E-state index contributed by atoms with van der Waals surface area (Å²) in [5, 5.41) is 20.8. The van der Waals surface area contributed by atoms with Crippen LogP contribution in [0, 0.1) is 23.2 Å². The van der Waals surface area contributed by atoms with Gasteiger partial charge in [-0.3, -0.25) is 4.79 Å². The summed E-state index contributed by atoms with van der Waals surface area (Å²) in [6.45, 7) is 5.43. The first-order valence-electron chi connectivity index (χ1n) is 6.26. The fourth-order valence-electron chi connectivity index (χ4n) is 1.63. The van der Waals surface area contributed by atoms with Crippen LogP contribution in [0.1, 0.15) is 33.6 Å². The summed E-state index contributed by atoms with van der Waals surface area (Å²) in [5.41, 5.74) is 0. The van der Waals surface area contributed by atoms with Gasteiger partial charge in [-0.15, -0.1) is 0 Å². The maximum Gasteiger partial charge on any atom is 0.328 e. The van der Waals surface area contributed by atoms with Crippen molar-refractivity contribution in [2.24, 2.45) is 11.8 Å². The Morgan fingerprint density at radius 3 is 2.37 bits per heavy atom. The Morgan fingerprint density at radius 1 is 1.37 bits per heavy atom. The van der Waals surface area contributed by atoms with E-state index in [-0.39, 0.29) is 18.3 Å². The second-order valence-corrected chi connectivity index (χ2v) is 4.99. The number of rotatable bonds is 7. The topological polar surface area (TPSA) is 99.4 Å². The summed E-state index contributed by atoms with van der Waals surface area (Å²) < 4.78 is 4.60. The molecular weight excluding hydrogens is 248 g/mol. The molecule has 0 aliphatic heterocycles. The standard InChI is InChI=1S/C13H22N2O4/c1-8(2)7-10(16)12(17)15-11(13(18)19-4)9(3)5-6-14/h8-11,16H,5,7H2,1-4H3,(H,15,17)/t9-,10-,11-/m1/s1. The van der Waals surface area contributed by atoms with E-state index >= 15 is 0 Å². The molecule has 0 saturated carbocycles. The fourth-order valence-corrected chi connectivity index (χ4v) is 1.63. The Bertz CT molecular complexity index is 349. The van der Waals surface area contributed by atoms with Crippen molar-refractivity contribution in [3.05, 3.63) is 0 Å². The van der Waals surface area contributed by atoms with E-state index in [0.29, 0.717) is 6.42 Å². The molecule has 0 saturated heterocycles. The molecule has 108 valence electrons. The average Bonchev–Trinajstić information content (AvgIpc) is 2.33. The number of aliphatic hydroxyl groups excluding tert-OH is 1. The largest absolute Gasteiger partial charge is 0.467 e. The third-order valence-electron chi connectivity index (χ3n) is 2.73. The number of nitrogens with one attached hydrogen (secondary N) is 1. The minimum atomic E-state index is -1.17. The van der Waals surface area contributed by atoms with Crippen LogP contribution in [-0.4, -0.2) is 36.2 Å². The molecule has 0 aliphatic rings. The highest BCUT2D eigenvalue weighted by atomic mass is 16.5. The van der Waals surface area contributed by atoms with Gasteiger partial charge in [0.1, 0.15) is 12.1 Å². The van der Waals surface area contributed by atoms with Crippen LogP contribution >= 0.6 is 0 Å². The Balaban J connectivity index is 4.69. The van der Waals surface area contributed by atoms with Crippen LogP contribution in [0.5, 0.6) is 0 Å². The lowest BCUT2D eigenvalue weighted by Crippen LogP contribution is -2.49. The highest BCUT2D eigenvalue weighted by Gasteiger charge is 2.29. The number of ether oxygens (including phenoxy) is 1. The Kier molecular flexibility index (Phi) is 7.77. The Morgan fingerprint density at radius 2 is 1.95 bits per heavy atom. The van der Waals surface area contributed by atoms with E-state index < -0.39 is 24.0 Å². The molecule has 6 nitrogen and oxygen atoms in total. The zero-order valence-corrected chi connectivity index (χ0v) is 11.8. The van der Waals surface area contributed by atoms with Gasteiger partial charge in [-0.05, 0) is 12.3 Å². The van der Waals surface area contributed by atoms with E-state index in [4.69, 9.17) is 5.26 Å². The van der Waals surface area contributed by atoms with Gasteiger partial charge in [0.2, 0.25) is 5.91 Å². The Labute approximate surface area is 113 Å². The van der Waals surface area contributed by atoms with Crippen molar-refractivity contribution < 1.29 is 19.4 Å². The van der Waals surface area contributed by atoms with E-state index in [1.165, 1.54) is 7.11 Å². The van der Waals surface area contributed by atoms with Gasteiger partial charge in [0.25, 0.3) is 0 Å². The van der Waals surface area contributed by atoms with Crippen molar-refractivity contribution in [2.75, 3.05) is 7.11 Å². The van der Waals surface area contributed by atoms with E-state index in [1.54, 1.807) is 6.92 Å². The van der Waals surface area contributed by atoms with Crippen molar-refractivity contribution in [3.8, 4) is 6.07 Å². The normalized spacial score (nSPS) is 15.2. The minimum absolute atomic E-state index is 0.111. The smallest absolute Gasteiger partial charge is 0.328 e. The highest BCUT2D eigenvalue weighted by molar-refractivity contribution is 5.86. The molecule has 0 aromatic rings. The molecule has 19 heavy (non-hydrogen) atoms. The Hall–Kier alpha value is -1.61. The summed E-state index contributed by atoms with van der Waals surface area (Å²) in [4.78, 5) is 23.3. The van der Waals surface area contributed by atoms with Crippen LogP contribution in [0.15, 0.2) is 0 Å². The number of methoxy groups -OCH3 is 1. The third kappa shape index (κ3) is 6.20. The number of hydrogen-bond donors (Lipinski definition) is 2. The van der Waals surface area contributed by atoms with Crippen molar-refractivity contribution in [1.29, 1.82) is 5.26 Å². The SMILES string of the molecule is COC(=O)[C@H](NC(=O)[C@H](O)CC(C)C)[C@H](C)CC#N. The molecule has 0 aromatic carbocycles. The molecule has 6 heteroatoms. The van der Waals surface area contributed by atoms with Crippen LogP contribution in [0.3, 0.4) is 0 Å². The first kappa shape index (κ1) is 17.4. The average molecular weight is 270 g/mol. The van der Waals surface area contributed by atoms with Crippen LogP contribution in [0.25, 0.3) is 0 Å². The third-order valence-corrected chi connectivity index (χ3v) is 2.73. The zero-order chi connectivity index (χ0) is 15.0. The lowest BCUT2D eigenvalue weighted by Gasteiger charge is -2.23. The molecule has 0 spiro atoms. The molecule has 0 bridgehead atoms. The number of nitriles is 1. The molecule has 0 fully saturated rings. The molecule has 0 heterocycles. The number of hydrogen-bond acceptors (Lipinski definition) is 5. The monoisotopic (exact) mass is 270 g/mol. The molecule has 1 amide bonds. The molecule has 3 atom stereocenters. The lowest BCUT2D eigenvalue weighted by atomic mass is 9.98. The predicted molar refractivity (Wildman–Crippen MR) is 68.8 cm³/mol. The van der Waals surface area contributed by atoms with E-state index in [1.807, 2.05) is 19.9 Å². The lowest BCUT2D eigenvalue weighted by molar-refractivity contribution is -0.147. The van der Waals surface area contributed by atoms with Gasteiger partial charge in [-0.2, -0.15) is 5.26 Å². The molecule has 0 aliphatic carbocycles. The molecule has 0 rings (SSSR count). The van der Waals surface area contributed by atoms with Crippen molar-refractivity contribution in [2.45, 2.75) is 45.8 Å². The summed E-state index contributed by atoms with van der Waals surface area (Å²) in [7, 11) is 1.21. The molecule has 0 radical (unpaired) electrons. The number of carbonyl (C=O) groups excluding carboxylic acids is 2. The maximum absolute atomic E-state index is 11.8. The van der Waals surface area contributed by atoms with Crippen molar-refractivity contribution in [1.82, 2.24) is 5.32 Å². The van der Waals surface area contributed by atoms with Gasteiger partial charge in [0.15, 0.2) is 0 Å². The first-order chi connectivity index (χ1) is 8.83. The van der Waals surface area contributed by atoms with Gasteiger partial charge in [0, 0.05) is 12.3 Å². The summed E-state index contributed by atoms with van der Waals surface area (Å²) in [6.07, 6.45) is -0.742. The van der Waals surface area contributed by atoms with Gasteiger partial charge < -0.3 is 15.2 Å². The maximum atomic E-state index is 11.8. The summed E-state index contributed by atoms with van der Waals surface area (Å²) in [6, 6.07) is 1.02. The molecule has 0 aromatic heterocycles. The van der Waals surface area contributed by atoms with Crippen LogP contribution < -0.4 is 5.32 Å². The van der Waals surface area contributed by atoms with E-state index in [2.05, 4.69) is 10.1 Å². The van der Waals surface area contributed by atoms with Crippen LogP contribution in [0.2, 0.25) is 0 Å². The van der Waals surface area contributed by atoms with Gasteiger partial charge in [0.05, 0.1) is 13.2 Å². The van der Waals surface area contributed by atoms with E-state index in [9.17, 15) is 14.7 Å². The molecule has 0 unspecified atom stereocenters. The van der Waals surface area contributed by atoms with Gasteiger partial charge in [-0.25, -0.2) is 4.79 Å². The van der Waals surface area contributed by atoms with Gasteiger partial charge in [-0.1, -0.05) is 20.8 Å². The number of nitrogens with zero attached hydrogens (tertiary/aromatic N) is 1. The van der Waals surface area contributed by atoms with Crippen LogP contribution in [-0.2, 0) is 14.3 Å². The van der Waals surface area contributed by atoms with Crippen molar-refractivity contribution in [3.63, 3.8) is 0 Å². The minimum Gasteiger partial charge on any atom is -0.467 e. The zero-order valence-electron chi connectivity index (χ0n) is 11.8. The second kappa shape index (κ2) is 8.48. The fraction of sp³-hybridized carbons (Fsp3) is 0.769. The second-order valence-electron chi connectivity index (χ2n) is 4.99. The number of aliphatic hydroxyl groups is 1. The van der Waals surface area contributed by atoms with E-state index in [0.717, 1.165) is 0 Å². The number of amides is 1.